The molecule has 5 rings (SSSR count). The molecule has 29 heavy (non-hydrogen) atoms. The van der Waals surface area contributed by atoms with Gasteiger partial charge in [-0.15, -0.1) is 0 Å². The van der Waals surface area contributed by atoms with Crippen LogP contribution in [0, 0.1) is 0 Å². The Hall–Kier alpha value is -3.65. The molecule has 0 bridgehead atoms. The first kappa shape index (κ1) is 17.4. The first-order chi connectivity index (χ1) is 14.1. The number of rotatable bonds is 4. The van der Waals surface area contributed by atoms with Gasteiger partial charge in [-0.1, -0.05) is 18.2 Å². The Labute approximate surface area is 165 Å². The first-order valence-corrected chi connectivity index (χ1v) is 9.36. The summed E-state index contributed by atoms with van der Waals surface area (Å²) in [4.78, 5) is 12.0. The molecule has 146 valence electrons. The van der Waals surface area contributed by atoms with E-state index in [2.05, 4.69) is 10.1 Å². The molecule has 8 nitrogen and oxygen atoms in total. The number of aromatic nitrogens is 4. The average molecular weight is 389 g/mol. The molecule has 1 aromatic carbocycles. The molecular weight excluding hydrogens is 370 g/mol. The van der Waals surface area contributed by atoms with Gasteiger partial charge in [0, 0.05) is 28.5 Å². The number of aliphatic hydroxyl groups excluding tert-OH is 1. The van der Waals surface area contributed by atoms with E-state index in [0.29, 0.717) is 28.0 Å². The van der Waals surface area contributed by atoms with E-state index in [-0.39, 0.29) is 18.4 Å². The zero-order valence-corrected chi connectivity index (χ0v) is 15.4. The zero-order chi connectivity index (χ0) is 20.0. The van der Waals surface area contributed by atoms with Gasteiger partial charge in [0.15, 0.2) is 22.9 Å². The molecule has 1 saturated carbocycles. The van der Waals surface area contributed by atoms with Crippen molar-refractivity contribution in [3.63, 3.8) is 0 Å². The second-order valence-electron chi connectivity index (χ2n) is 7.16. The summed E-state index contributed by atoms with van der Waals surface area (Å²) in [5, 5.41) is 34.1. The minimum absolute atomic E-state index is 0.0443. The molecule has 0 amide bonds. The van der Waals surface area contributed by atoms with Crippen molar-refractivity contribution in [2.24, 2.45) is 4.99 Å². The Morgan fingerprint density at radius 2 is 2.07 bits per heavy atom. The largest absolute Gasteiger partial charge is 0.494 e. The quantitative estimate of drug-likeness (QED) is 0.419. The van der Waals surface area contributed by atoms with Crippen LogP contribution in [0.3, 0.4) is 0 Å². The SMILES string of the molecule is OCc1cccc(-c2cc(=NC3CC3)n3ncc(=Cc4cc(O)[nH]c4O)c3n2)c1. The number of H-pyrrole nitrogens is 1. The number of hydrogen-bond acceptors (Lipinski definition) is 6. The molecule has 3 aromatic heterocycles. The molecule has 0 aliphatic heterocycles. The minimum atomic E-state index is -0.128. The fourth-order valence-corrected chi connectivity index (χ4v) is 3.25. The summed E-state index contributed by atoms with van der Waals surface area (Å²) in [6.07, 6.45) is 5.49. The van der Waals surface area contributed by atoms with Crippen LogP contribution in [0.1, 0.15) is 24.0 Å². The maximum Gasteiger partial charge on any atom is 0.198 e. The summed E-state index contributed by atoms with van der Waals surface area (Å²) >= 11 is 0. The molecule has 0 atom stereocenters. The van der Waals surface area contributed by atoms with Gasteiger partial charge in [-0.05, 0) is 30.5 Å². The second-order valence-corrected chi connectivity index (χ2v) is 7.16. The van der Waals surface area contributed by atoms with Crippen LogP contribution in [0.15, 0.2) is 47.6 Å². The highest BCUT2D eigenvalue weighted by atomic mass is 16.3. The number of aromatic amines is 1. The highest BCUT2D eigenvalue weighted by molar-refractivity contribution is 5.65. The molecule has 0 unspecified atom stereocenters. The number of aromatic hydroxyl groups is 2. The molecule has 8 heteroatoms. The molecular formula is C21H19N5O3. The smallest absolute Gasteiger partial charge is 0.198 e. The third-order valence-corrected chi connectivity index (χ3v) is 4.87. The van der Waals surface area contributed by atoms with E-state index in [9.17, 15) is 15.3 Å². The molecule has 1 aliphatic carbocycles. The Balaban J connectivity index is 1.76. The van der Waals surface area contributed by atoms with Crippen molar-refractivity contribution in [1.82, 2.24) is 19.6 Å². The lowest BCUT2D eigenvalue weighted by atomic mass is 10.1. The lowest BCUT2D eigenvalue weighted by Crippen LogP contribution is -2.19. The lowest BCUT2D eigenvalue weighted by molar-refractivity contribution is 0.282. The van der Waals surface area contributed by atoms with Crippen molar-refractivity contribution in [2.45, 2.75) is 25.5 Å². The highest BCUT2D eigenvalue weighted by Crippen LogP contribution is 2.24. The summed E-state index contributed by atoms with van der Waals surface area (Å²) in [6.45, 7) is -0.0443. The van der Waals surface area contributed by atoms with Gasteiger partial charge < -0.3 is 15.3 Å². The van der Waals surface area contributed by atoms with Crippen LogP contribution >= 0.6 is 0 Å². The maximum absolute atomic E-state index is 9.94. The van der Waals surface area contributed by atoms with Gasteiger partial charge in [0.05, 0.1) is 24.5 Å². The predicted octanol–water partition coefficient (Wildman–Crippen LogP) is 1.24. The normalized spacial score (nSPS) is 15.5. The number of hydrogen-bond donors (Lipinski definition) is 4. The van der Waals surface area contributed by atoms with Crippen molar-refractivity contribution >= 4 is 11.7 Å². The summed E-state index contributed by atoms with van der Waals surface area (Å²) < 4.78 is 1.69. The third-order valence-electron chi connectivity index (χ3n) is 4.87. The average Bonchev–Trinajstić information content (AvgIpc) is 3.36. The van der Waals surface area contributed by atoms with E-state index in [4.69, 9.17) is 9.98 Å². The summed E-state index contributed by atoms with van der Waals surface area (Å²) in [6, 6.07) is 11.2. The number of nitrogens with zero attached hydrogens (tertiary/aromatic N) is 4. The predicted molar refractivity (Wildman–Crippen MR) is 106 cm³/mol. The maximum atomic E-state index is 9.94. The molecule has 1 aliphatic rings. The van der Waals surface area contributed by atoms with Gasteiger partial charge in [0.2, 0.25) is 0 Å². The molecule has 0 spiro atoms. The highest BCUT2D eigenvalue weighted by Gasteiger charge is 2.20. The number of aliphatic hydroxyl groups is 1. The van der Waals surface area contributed by atoms with Crippen LogP contribution in [0.4, 0.5) is 0 Å². The molecule has 4 aromatic rings. The zero-order valence-electron chi connectivity index (χ0n) is 15.4. The van der Waals surface area contributed by atoms with Gasteiger partial charge in [-0.3, -0.25) is 9.98 Å². The monoisotopic (exact) mass is 389 g/mol. The molecule has 4 N–H and O–H groups in total. The Bertz CT molecular complexity index is 1330. The van der Waals surface area contributed by atoms with E-state index in [1.54, 1.807) is 16.8 Å². The van der Waals surface area contributed by atoms with E-state index in [1.807, 2.05) is 30.3 Å². The number of nitrogens with one attached hydrogen (secondary N) is 1. The van der Waals surface area contributed by atoms with E-state index in [1.165, 1.54) is 6.07 Å². The van der Waals surface area contributed by atoms with Crippen molar-refractivity contribution in [2.75, 3.05) is 0 Å². The first-order valence-electron chi connectivity index (χ1n) is 9.36. The van der Waals surface area contributed by atoms with Gasteiger partial charge in [0.1, 0.15) is 0 Å². The second kappa shape index (κ2) is 6.75. The molecule has 1 fully saturated rings. The van der Waals surface area contributed by atoms with Crippen LogP contribution in [0.2, 0.25) is 0 Å². The van der Waals surface area contributed by atoms with Crippen molar-refractivity contribution < 1.29 is 15.3 Å². The fraction of sp³-hybridized carbons (Fsp3) is 0.190. The third kappa shape index (κ3) is 3.34. The molecule has 0 saturated heterocycles. The van der Waals surface area contributed by atoms with Crippen molar-refractivity contribution in [1.29, 1.82) is 0 Å². The Kier molecular flexibility index (Phi) is 4.06. The van der Waals surface area contributed by atoms with Gasteiger partial charge >= 0.3 is 0 Å². The van der Waals surface area contributed by atoms with Crippen LogP contribution in [0.5, 0.6) is 11.8 Å². The van der Waals surface area contributed by atoms with Gasteiger partial charge in [0.25, 0.3) is 0 Å². The van der Waals surface area contributed by atoms with Crippen molar-refractivity contribution in [3.05, 3.63) is 64.4 Å². The van der Waals surface area contributed by atoms with Crippen LogP contribution in [-0.2, 0) is 6.61 Å². The molecule has 3 heterocycles. The number of benzene rings is 1. The van der Waals surface area contributed by atoms with Crippen LogP contribution in [-0.4, -0.2) is 40.9 Å². The van der Waals surface area contributed by atoms with Crippen molar-refractivity contribution in [3.8, 4) is 23.0 Å². The van der Waals surface area contributed by atoms with Crippen LogP contribution < -0.4 is 10.7 Å². The minimum Gasteiger partial charge on any atom is -0.494 e. The summed E-state index contributed by atoms with van der Waals surface area (Å²) in [7, 11) is 0. The Morgan fingerprint density at radius 1 is 1.21 bits per heavy atom. The topological polar surface area (TPSA) is 119 Å². The van der Waals surface area contributed by atoms with Gasteiger partial charge in [-0.25, -0.2) is 4.98 Å². The Morgan fingerprint density at radius 3 is 2.79 bits per heavy atom. The van der Waals surface area contributed by atoms with E-state index < -0.39 is 0 Å². The lowest BCUT2D eigenvalue weighted by Gasteiger charge is -2.05. The molecule has 0 radical (unpaired) electrons. The van der Waals surface area contributed by atoms with Gasteiger partial charge in [-0.2, -0.15) is 9.61 Å². The standard InChI is InChI=1S/C21H19N5O3/c27-11-12-2-1-3-13(6-12)17-9-18(23-16-4-5-16)26-20(24-17)15(10-22-26)7-14-8-19(28)25-21(14)29/h1-3,6-10,16,25,27-29H,4-5,11H2. The fourth-order valence-electron chi connectivity index (χ4n) is 3.25. The van der Waals surface area contributed by atoms with E-state index >= 15 is 0 Å². The number of fused-ring (bicyclic) bond motifs is 1. The van der Waals surface area contributed by atoms with E-state index in [0.717, 1.165) is 29.7 Å². The van der Waals surface area contributed by atoms with Crippen LogP contribution in [0.25, 0.3) is 23.0 Å². The summed E-state index contributed by atoms with van der Waals surface area (Å²) in [5.41, 5.74) is 4.15. The summed E-state index contributed by atoms with van der Waals surface area (Å²) in [5.74, 6) is -0.249.